The highest BCUT2D eigenvalue weighted by atomic mass is 14.0. The van der Waals surface area contributed by atoms with E-state index in [-0.39, 0.29) is 6.40 Å². The lowest BCUT2D eigenvalue weighted by molar-refractivity contribution is 1.31. The van der Waals surface area contributed by atoms with Crippen molar-refractivity contribution in [1.29, 1.82) is 0 Å². The van der Waals surface area contributed by atoms with Crippen LogP contribution in [-0.4, -0.2) is 0 Å². The summed E-state index contributed by atoms with van der Waals surface area (Å²) in [6.45, 7) is 0. The van der Waals surface area contributed by atoms with Crippen molar-refractivity contribution in [2.75, 3.05) is 0 Å². The van der Waals surface area contributed by atoms with E-state index in [1.165, 1.54) is 5.39 Å². The molecule has 0 N–H and O–H groups in total. The number of hydrogen-bond donors (Lipinski definition) is 0. The van der Waals surface area contributed by atoms with Crippen molar-refractivity contribution < 1.29 is 1.37 Å². The monoisotopic (exact) mass is 245 g/mol. The molecule has 3 aromatic rings. The van der Waals surface area contributed by atoms with Crippen molar-refractivity contribution in [2.24, 2.45) is 0 Å². The van der Waals surface area contributed by atoms with Gasteiger partial charge in [-0.2, -0.15) is 0 Å². The van der Waals surface area contributed by atoms with Crippen LogP contribution in [0.25, 0.3) is 16.8 Å². The molecule has 0 aliphatic heterocycles. The molecule has 0 heterocycles. The fourth-order valence-corrected chi connectivity index (χ4v) is 2.22. The minimum atomic E-state index is -0.346. The van der Waals surface area contributed by atoms with E-state index in [1.54, 1.807) is 0 Å². The molecule has 0 heteroatoms. The van der Waals surface area contributed by atoms with Crippen LogP contribution in [0.4, 0.5) is 0 Å². The van der Waals surface area contributed by atoms with Gasteiger partial charge < -0.3 is 0 Å². The average molecular weight is 245 g/mol. The number of allylic oxidation sites excluding steroid dienone is 1. The minimum Gasteiger partial charge on any atom is -0.0795 e. The maximum atomic E-state index is 8.36. The van der Waals surface area contributed by atoms with Gasteiger partial charge in [-0.3, -0.25) is 0 Å². The lowest BCUT2D eigenvalue weighted by Crippen LogP contribution is -1.83. The van der Waals surface area contributed by atoms with Crippen LogP contribution in [0.3, 0.4) is 0 Å². The maximum absolute atomic E-state index is 8.36. The first-order valence-electron chi connectivity index (χ1n) is 7.05. The topological polar surface area (TPSA) is 0 Å². The molecule has 0 nitrogen and oxygen atoms in total. The van der Waals surface area contributed by atoms with E-state index in [2.05, 4.69) is 18.2 Å². The zero-order chi connectivity index (χ0) is 13.8. The van der Waals surface area contributed by atoms with Crippen LogP contribution in [0.15, 0.2) is 78.9 Å². The van der Waals surface area contributed by atoms with E-state index in [0.717, 1.165) is 16.5 Å². The molecule has 0 saturated heterocycles. The fourth-order valence-electron chi connectivity index (χ4n) is 2.22. The van der Waals surface area contributed by atoms with Crippen molar-refractivity contribution in [3.63, 3.8) is 0 Å². The third kappa shape index (κ3) is 2.74. The molecule has 0 spiro atoms. The second-order valence-corrected chi connectivity index (χ2v) is 4.50. The second-order valence-electron chi connectivity index (χ2n) is 4.50. The Hall–Kier alpha value is -2.34. The van der Waals surface area contributed by atoms with Gasteiger partial charge in [-0.25, -0.2) is 0 Å². The smallest absolute Gasteiger partial charge is 0.0360 e. The molecule has 0 aliphatic carbocycles. The summed E-state index contributed by atoms with van der Waals surface area (Å²) in [5.74, 6) is 0. The minimum absolute atomic E-state index is 0.346. The van der Waals surface area contributed by atoms with Gasteiger partial charge in [0.2, 0.25) is 0 Å². The summed E-state index contributed by atoms with van der Waals surface area (Å²) in [7, 11) is 0. The van der Waals surface area contributed by atoms with Gasteiger partial charge in [0, 0.05) is 1.37 Å². The summed E-state index contributed by atoms with van der Waals surface area (Å²) in [6, 6.07) is 24.5. The van der Waals surface area contributed by atoms with E-state index in [0.29, 0.717) is 0 Å². The molecule has 19 heavy (non-hydrogen) atoms. The first kappa shape index (κ1) is 10.6. The normalized spacial score (nSPS) is 13.6. The van der Waals surface area contributed by atoms with Crippen molar-refractivity contribution >= 4 is 16.8 Å². The van der Waals surface area contributed by atoms with Gasteiger partial charge in [0.15, 0.2) is 0 Å². The molecule has 3 rings (SSSR count). The Kier molecular flexibility index (Phi) is 3.08. The molecule has 92 valence electrons. The summed E-state index contributed by atoms with van der Waals surface area (Å²) >= 11 is 0. The molecule has 0 aromatic heterocycles. The highest BCUT2D eigenvalue weighted by Gasteiger charge is 1.97. The van der Waals surface area contributed by atoms with Crippen LogP contribution in [0, 0.1) is 0 Å². The summed E-state index contributed by atoms with van der Waals surface area (Å²) < 4.78 is 8.36. The molecule has 0 saturated carbocycles. The SMILES string of the molecule is [2H]C(/C=C/c1ccccc1)c1cccc2ccccc12. The predicted molar refractivity (Wildman–Crippen MR) is 83.1 cm³/mol. The van der Waals surface area contributed by atoms with Crippen LogP contribution < -0.4 is 0 Å². The highest BCUT2D eigenvalue weighted by Crippen LogP contribution is 2.19. The Labute approximate surface area is 115 Å². The molecule has 0 aliphatic rings. The number of benzene rings is 3. The number of hydrogen-bond acceptors (Lipinski definition) is 0. The zero-order valence-corrected chi connectivity index (χ0v) is 10.7. The first-order valence-corrected chi connectivity index (χ1v) is 6.48. The van der Waals surface area contributed by atoms with Crippen LogP contribution in [0.1, 0.15) is 12.5 Å². The van der Waals surface area contributed by atoms with E-state index >= 15 is 0 Å². The molecular formula is C19H16. The van der Waals surface area contributed by atoms with E-state index in [9.17, 15) is 0 Å². The molecular weight excluding hydrogens is 228 g/mol. The lowest BCUT2D eigenvalue weighted by Gasteiger charge is -2.03. The van der Waals surface area contributed by atoms with Crippen LogP contribution in [0.5, 0.6) is 0 Å². The number of fused-ring (bicyclic) bond motifs is 1. The Morgan fingerprint density at radius 2 is 1.53 bits per heavy atom. The molecule has 0 bridgehead atoms. The van der Waals surface area contributed by atoms with E-state index in [1.807, 2.05) is 66.7 Å². The van der Waals surface area contributed by atoms with E-state index in [4.69, 9.17) is 1.37 Å². The molecule has 1 unspecified atom stereocenters. The third-order valence-electron chi connectivity index (χ3n) is 3.19. The summed E-state index contributed by atoms with van der Waals surface area (Å²) in [4.78, 5) is 0. The molecule has 3 aromatic carbocycles. The van der Waals surface area contributed by atoms with Gasteiger partial charge in [0.1, 0.15) is 0 Å². The van der Waals surface area contributed by atoms with E-state index < -0.39 is 0 Å². The van der Waals surface area contributed by atoms with Gasteiger partial charge in [-0.05, 0) is 28.3 Å². The zero-order valence-electron chi connectivity index (χ0n) is 11.7. The Bertz CT molecular complexity index is 724. The molecule has 0 amide bonds. The lowest BCUT2D eigenvalue weighted by atomic mass is 10.0. The van der Waals surface area contributed by atoms with Crippen molar-refractivity contribution in [1.82, 2.24) is 0 Å². The second kappa shape index (κ2) is 5.53. The Balaban J connectivity index is 1.93. The number of rotatable bonds is 3. The van der Waals surface area contributed by atoms with Crippen molar-refractivity contribution in [2.45, 2.75) is 6.40 Å². The van der Waals surface area contributed by atoms with Crippen LogP contribution in [-0.2, 0) is 6.40 Å². The fraction of sp³-hybridized carbons (Fsp3) is 0.0526. The molecule has 1 atom stereocenters. The van der Waals surface area contributed by atoms with Gasteiger partial charge >= 0.3 is 0 Å². The Morgan fingerprint density at radius 3 is 2.42 bits per heavy atom. The quantitative estimate of drug-likeness (QED) is 0.602. The Morgan fingerprint density at radius 1 is 0.789 bits per heavy atom. The van der Waals surface area contributed by atoms with Crippen molar-refractivity contribution in [3.05, 3.63) is 90.0 Å². The van der Waals surface area contributed by atoms with Crippen LogP contribution >= 0.6 is 0 Å². The molecule has 0 fully saturated rings. The largest absolute Gasteiger partial charge is 0.0795 e. The van der Waals surface area contributed by atoms with Gasteiger partial charge in [-0.1, -0.05) is 84.9 Å². The highest BCUT2D eigenvalue weighted by molar-refractivity contribution is 5.85. The van der Waals surface area contributed by atoms with Gasteiger partial charge in [-0.15, -0.1) is 0 Å². The van der Waals surface area contributed by atoms with Crippen LogP contribution in [0.2, 0.25) is 0 Å². The summed E-state index contributed by atoms with van der Waals surface area (Å²) in [5, 5.41) is 2.35. The van der Waals surface area contributed by atoms with Gasteiger partial charge in [0.05, 0.1) is 0 Å². The van der Waals surface area contributed by atoms with Crippen molar-refractivity contribution in [3.8, 4) is 0 Å². The van der Waals surface area contributed by atoms with Gasteiger partial charge in [0.25, 0.3) is 0 Å². The first-order chi connectivity index (χ1) is 9.84. The third-order valence-corrected chi connectivity index (χ3v) is 3.19. The summed E-state index contributed by atoms with van der Waals surface area (Å²) in [5.41, 5.74) is 2.18. The molecule has 0 radical (unpaired) electrons. The predicted octanol–water partition coefficient (Wildman–Crippen LogP) is 5.10. The average Bonchev–Trinajstić information content (AvgIpc) is 2.53. The standard InChI is InChI=1S/C19H16/c1-2-8-16(9-3-1)10-6-12-18-14-7-13-17-11-4-5-15-19(17)18/h1-11,13-15H,12H2/b10-6+/i12D. The maximum Gasteiger partial charge on any atom is 0.0360 e. The summed E-state index contributed by atoms with van der Waals surface area (Å²) in [6.07, 6.45) is 3.61.